The number of unbranched alkanes of at least 4 members (excludes halogenated alkanes) is 2. The second kappa shape index (κ2) is 7.54. The maximum absolute atomic E-state index is 11.9. The van der Waals surface area contributed by atoms with E-state index in [1.165, 1.54) is 0 Å². The number of sulfonamides is 1. The topological polar surface area (TPSA) is 46.2 Å². The van der Waals surface area contributed by atoms with Crippen LogP contribution in [0.15, 0.2) is 30.3 Å². The van der Waals surface area contributed by atoms with Crippen LogP contribution in [0.5, 0.6) is 0 Å². The second-order valence-electron chi connectivity index (χ2n) is 4.76. The van der Waals surface area contributed by atoms with Gasteiger partial charge in [0.25, 0.3) is 0 Å². The molecular formula is C14H23NO2S. The molecule has 0 unspecified atom stereocenters. The van der Waals surface area contributed by atoms with Crippen molar-refractivity contribution in [2.45, 2.75) is 51.3 Å². The van der Waals surface area contributed by atoms with E-state index in [0.29, 0.717) is 0 Å². The van der Waals surface area contributed by atoms with E-state index in [9.17, 15) is 8.42 Å². The summed E-state index contributed by atoms with van der Waals surface area (Å²) in [6.45, 7) is 4.07. The normalized spacial score (nSPS) is 13.4. The zero-order valence-electron chi connectivity index (χ0n) is 11.2. The molecule has 0 aromatic heterocycles. The maximum atomic E-state index is 11.9. The quantitative estimate of drug-likeness (QED) is 0.737. The predicted molar refractivity (Wildman–Crippen MR) is 75.8 cm³/mol. The molecule has 1 aromatic carbocycles. The van der Waals surface area contributed by atoms with Gasteiger partial charge in [0.1, 0.15) is 0 Å². The third-order valence-electron chi connectivity index (χ3n) is 2.82. The fraction of sp³-hybridized carbons (Fsp3) is 0.571. The highest BCUT2D eigenvalue weighted by molar-refractivity contribution is 7.88. The van der Waals surface area contributed by atoms with Crippen LogP contribution in [0.1, 0.15) is 45.1 Å². The molecule has 1 rings (SSSR count). The first kappa shape index (κ1) is 15.2. The zero-order chi connectivity index (χ0) is 13.4. The van der Waals surface area contributed by atoms with Crippen molar-refractivity contribution < 1.29 is 8.42 Å². The highest BCUT2D eigenvalue weighted by Crippen LogP contribution is 2.08. The number of nitrogens with one attached hydrogen (secondary N) is 1. The third-order valence-corrected chi connectivity index (χ3v) is 4.30. The van der Waals surface area contributed by atoms with Crippen LogP contribution in [-0.4, -0.2) is 14.5 Å². The molecule has 1 atom stereocenters. The molecule has 0 amide bonds. The van der Waals surface area contributed by atoms with E-state index in [1.807, 2.05) is 37.3 Å². The molecule has 0 aliphatic rings. The highest BCUT2D eigenvalue weighted by Gasteiger charge is 2.14. The Labute approximate surface area is 111 Å². The van der Waals surface area contributed by atoms with Gasteiger partial charge < -0.3 is 0 Å². The molecule has 102 valence electrons. The molecule has 18 heavy (non-hydrogen) atoms. The predicted octanol–water partition coefficient (Wildman–Crippen LogP) is 3.07. The summed E-state index contributed by atoms with van der Waals surface area (Å²) in [6.07, 6.45) is 4.29. The van der Waals surface area contributed by atoms with E-state index in [1.54, 1.807) is 0 Å². The first-order valence-corrected chi connectivity index (χ1v) is 8.22. The molecule has 0 saturated heterocycles. The lowest BCUT2D eigenvalue weighted by Gasteiger charge is -2.14. The van der Waals surface area contributed by atoms with Crippen LogP contribution in [0.4, 0.5) is 0 Å². The minimum Gasteiger partial charge on any atom is -0.212 e. The van der Waals surface area contributed by atoms with E-state index in [4.69, 9.17) is 0 Å². The van der Waals surface area contributed by atoms with Gasteiger partial charge in [0.05, 0.1) is 5.75 Å². The fourth-order valence-corrected chi connectivity index (χ4v) is 3.35. The Morgan fingerprint density at radius 1 is 1.17 bits per heavy atom. The van der Waals surface area contributed by atoms with E-state index in [-0.39, 0.29) is 11.8 Å². The van der Waals surface area contributed by atoms with Crippen molar-refractivity contribution >= 4 is 10.0 Å². The fourth-order valence-electron chi connectivity index (χ4n) is 1.90. The van der Waals surface area contributed by atoms with Crippen LogP contribution in [0, 0.1) is 0 Å². The minimum absolute atomic E-state index is 0.0188. The number of hydrogen-bond donors (Lipinski definition) is 1. The lowest BCUT2D eigenvalue weighted by atomic mass is 10.1. The van der Waals surface area contributed by atoms with Gasteiger partial charge in [-0.1, -0.05) is 56.5 Å². The molecule has 3 nitrogen and oxygen atoms in total. The first-order chi connectivity index (χ1) is 8.53. The van der Waals surface area contributed by atoms with Crippen molar-refractivity contribution in [3.05, 3.63) is 35.9 Å². The molecule has 0 fully saturated rings. The molecule has 0 heterocycles. The van der Waals surface area contributed by atoms with Crippen molar-refractivity contribution in [1.82, 2.24) is 4.72 Å². The van der Waals surface area contributed by atoms with E-state index >= 15 is 0 Å². The Kier molecular flexibility index (Phi) is 6.36. The average molecular weight is 269 g/mol. The monoisotopic (exact) mass is 269 g/mol. The molecule has 0 bridgehead atoms. The second-order valence-corrected chi connectivity index (χ2v) is 6.51. The number of benzene rings is 1. The van der Waals surface area contributed by atoms with Crippen molar-refractivity contribution in [1.29, 1.82) is 0 Å². The summed E-state index contributed by atoms with van der Waals surface area (Å²) >= 11 is 0. The molecule has 1 aromatic rings. The molecule has 4 heteroatoms. The van der Waals surface area contributed by atoms with Gasteiger partial charge in [0.15, 0.2) is 0 Å². The van der Waals surface area contributed by atoms with Crippen LogP contribution in [-0.2, 0) is 15.8 Å². The Morgan fingerprint density at radius 2 is 1.83 bits per heavy atom. The summed E-state index contributed by atoms with van der Waals surface area (Å²) in [7, 11) is -3.22. The molecule has 0 aliphatic heterocycles. The Balaban J connectivity index is 2.44. The van der Waals surface area contributed by atoms with Crippen LogP contribution in [0.2, 0.25) is 0 Å². The minimum atomic E-state index is -3.22. The average Bonchev–Trinajstić information content (AvgIpc) is 2.29. The van der Waals surface area contributed by atoms with Gasteiger partial charge in [-0.3, -0.25) is 0 Å². The zero-order valence-corrected chi connectivity index (χ0v) is 12.0. The lowest BCUT2D eigenvalue weighted by Crippen LogP contribution is -2.33. The summed E-state index contributed by atoms with van der Waals surface area (Å²) < 4.78 is 26.6. The van der Waals surface area contributed by atoms with Crippen molar-refractivity contribution in [2.75, 3.05) is 0 Å². The molecular weight excluding hydrogens is 246 g/mol. The summed E-state index contributed by atoms with van der Waals surface area (Å²) in [6, 6.07) is 9.29. The van der Waals surface area contributed by atoms with Gasteiger partial charge >= 0.3 is 0 Å². The molecule has 1 N–H and O–H groups in total. The Hall–Kier alpha value is -0.870. The number of rotatable bonds is 8. The largest absolute Gasteiger partial charge is 0.216 e. The van der Waals surface area contributed by atoms with E-state index < -0.39 is 10.0 Å². The standard InChI is InChI=1S/C14H23NO2S/c1-3-4-6-9-13(2)15-18(16,17)12-14-10-7-5-8-11-14/h5,7-8,10-11,13,15H,3-4,6,9,12H2,1-2H3/t13-/m1/s1. The molecule has 0 radical (unpaired) electrons. The SMILES string of the molecule is CCCCC[C@@H](C)NS(=O)(=O)Cc1ccccc1. The van der Waals surface area contributed by atoms with E-state index in [0.717, 1.165) is 31.2 Å². The smallest absolute Gasteiger partial charge is 0.212 e. The molecule has 0 aliphatic carbocycles. The summed E-state index contributed by atoms with van der Waals surface area (Å²) in [5.41, 5.74) is 0.825. The van der Waals surface area contributed by atoms with Crippen LogP contribution >= 0.6 is 0 Å². The Morgan fingerprint density at radius 3 is 2.44 bits per heavy atom. The van der Waals surface area contributed by atoms with Crippen LogP contribution < -0.4 is 4.72 Å². The van der Waals surface area contributed by atoms with Gasteiger partial charge in [-0.25, -0.2) is 13.1 Å². The molecule has 0 spiro atoms. The summed E-state index contributed by atoms with van der Waals surface area (Å²) in [5, 5.41) is 0. The van der Waals surface area contributed by atoms with Crippen LogP contribution in [0.3, 0.4) is 0 Å². The highest BCUT2D eigenvalue weighted by atomic mass is 32.2. The van der Waals surface area contributed by atoms with Crippen molar-refractivity contribution in [3.8, 4) is 0 Å². The summed E-state index contributed by atoms with van der Waals surface area (Å²) in [5.74, 6) is 0.0615. The van der Waals surface area contributed by atoms with Crippen molar-refractivity contribution in [3.63, 3.8) is 0 Å². The van der Waals surface area contributed by atoms with Gasteiger partial charge in [-0.2, -0.15) is 0 Å². The van der Waals surface area contributed by atoms with Gasteiger partial charge in [0, 0.05) is 6.04 Å². The van der Waals surface area contributed by atoms with Gasteiger partial charge in [-0.05, 0) is 18.9 Å². The third kappa shape index (κ3) is 6.17. The van der Waals surface area contributed by atoms with Gasteiger partial charge in [-0.15, -0.1) is 0 Å². The lowest BCUT2D eigenvalue weighted by molar-refractivity contribution is 0.526. The maximum Gasteiger partial charge on any atom is 0.216 e. The Bertz CT molecular complexity index is 428. The number of hydrogen-bond acceptors (Lipinski definition) is 2. The van der Waals surface area contributed by atoms with E-state index in [2.05, 4.69) is 11.6 Å². The van der Waals surface area contributed by atoms with Gasteiger partial charge in [0.2, 0.25) is 10.0 Å². The van der Waals surface area contributed by atoms with Crippen molar-refractivity contribution in [2.24, 2.45) is 0 Å². The molecule has 0 saturated carbocycles. The van der Waals surface area contributed by atoms with Crippen LogP contribution in [0.25, 0.3) is 0 Å². The first-order valence-electron chi connectivity index (χ1n) is 6.57. The summed E-state index contributed by atoms with van der Waals surface area (Å²) in [4.78, 5) is 0.